The Bertz CT molecular complexity index is 786. The Labute approximate surface area is 126 Å². The normalized spacial score (nSPS) is 9.95. The zero-order chi connectivity index (χ0) is 13.1. The Kier molecular flexibility index (Phi) is 3.52. The van der Waals surface area contributed by atoms with Gasteiger partial charge in [0.15, 0.2) is 0 Å². The van der Waals surface area contributed by atoms with Gasteiger partial charge in [0, 0.05) is 14.7 Å². The highest BCUT2D eigenvalue weighted by Gasteiger charge is 1.97. The number of benzene rings is 3. The second kappa shape index (κ2) is 5.46. The van der Waals surface area contributed by atoms with Crippen molar-refractivity contribution in [3.05, 3.63) is 81.4 Å². The standard InChI is InChI=1S/C18H11I/c19-18-11-4-2-7-16(18)13-12-15-9-5-8-14-6-1-3-10-17(14)15/h1-11H. The lowest BCUT2D eigenvalue weighted by atomic mass is 10.0. The van der Waals surface area contributed by atoms with E-state index in [1.54, 1.807) is 0 Å². The van der Waals surface area contributed by atoms with Crippen LogP contribution in [0.2, 0.25) is 0 Å². The van der Waals surface area contributed by atoms with E-state index in [4.69, 9.17) is 0 Å². The Morgan fingerprint density at radius 3 is 2.16 bits per heavy atom. The zero-order valence-electron chi connectivity index (χ0n) is 10.2. The Balaban J connectivity index is 2.11. The van der Waals surface area contributed by atoms with Crippen molar-refractivity contribution in [2.24, 2.45) is 0 Å². The van der Waals surface area contributed by atoms with Gasteiger partial charge in [0.1, 0.15) is 0 Å². The first-order chi connectivity index (χ1) is 9.34. The van der Waals surface area contributed by atoms with Crippen LogP contribution in [0.4, 0.5) is 0 Å². The lowest BCUT2D eigenvalue weighted by Gasteiger charge is -1.99. The largest absolute Gasteiger partial charge is 0.0616 e. The van der Waals surface area contributed by atoms with Crippen LogP contribution in [-0.2, 0) is 0 Å². The summed E-state index contributed by atoms with van der Waals surface area (Å²) < 4.78 is 1.19. The zero-order valence-corrected chi connectivity index (χ0v) is 12.4. The van der Waals surface area contributed by atoms with E-state index in [-0.39, 0.29) is 0 Å². The summed E-state index contributed by atoms with van der Waals surface area (Å²) in [4.78, 5) is 0. The second-order valence-corrected chi connectivity index (χ2v) is 5.42. The molecule has 0 fully saturated rings. The number of rotatable bonds is 0. The lowest BCUT2D eigenvalue weighted by molar-refractivity contribution is 1.58. The summed E-state index contributed by atoms with van der Waals surface area (Å²) in [5.74, 6) is 6.55. The Morgan fingerprint density at radius 1 is 0.632 bits per heavy atom. The van der Waals surface area contributed by atoms with E-state index in [0.717, 1.165) is 11.1 Å². The molecule has 0 aliphatic rings. The molecule has 3 aromatic carbocycles. The van der Waals surface area contributed by atoms with E-state index in [1.807, 2.05) is 12.1 Å². The van der Waals surface area contributed by atoms with Crippen LogP contribution in [-0.4, -0.2) is 0 Å². The molecule has 0 radical (unpaired) electrons. The van der Waals surface area contributed by atoms with Crippen molar-refractivity contribution < 1.29 is 0 Å². The topological polar surface area (TPSA) is 0 Å². The van der Waals surface area contributed by atoms with Crippen LogP contribution in [0.5, 0.6) is 0 Å². The molecule has 0 saturated carbocycles. The highest BCUT2D eigenvalue weighted by atomic mass is 127. The fourth-order valence-electron chi connectivity index (χ4n) is 2.03. The van der Waals surface area contributed by atoms with Gasteiger partial charge in [-0.15, -0.1) is 0 Å². The maximum atomic E-state index is 3.29. The lowest BCUT2D eigenvalue weighted by Crippen LogP contribution is -1.82. The summed E-state index contributed by atoms with van der Waals surface area (Å²) in [5.41, 5.74) is 2.16. The van der Waals surface area contributed by atoms with Gasteiger partial charge in [0.05, 0.1) is 0 Å². The number of hydrogen-bond donors (Lipinski definition) is 0. The van der Waals surface area contributed by atoms with Crippen LogP contribution >= 0.6 is 22.6 Å². The molecule has 0 aliphatic heterocycles. The minimum absolute atomic E-state index is 1.08. The fraction of sp³-hybridized carbons (Fsp3) is 0. The van der Waals surface area contributed by atoms with E-state index in [2.05, 4.69) is 89.0 Å². The molecule has 0 spiro atoms. The molecule has 0 atom stereocenters. The summed E-state index contributed by atoms with van der Waals surface area (Å²) in [7, 11) is 0. The summed E-state index contributed by atoms with van der Waals surface area (Å²) in [6, 6.07) is 22.8. The maximum Gasteiger partial charge on any atom is 0.0382 e. The van der Waals surface area contributed by atoms with Gasteiger partial charge in [-0.05, 0) is 51.6 Å². The molecule has 19 heavy (non-hydrogen) atoms. The molecule has 0 aliphatic carbocycles. The van der Waals surface area contributed by atoms with Crippen molar-refractivity contribution in [3.8, 4) is 11.8 Å². The van der Waals surface area contributed by atoms with Gasteiger partial charge in [-0.3, -0.25) is 0 Å². The van der Waals surface area contributed by atoms with Gasteiger partial charge in [-0.1, -0.05) is 60.4 Å². The molecule has 0 heterocycles. The summed E-state index contributed by atoms with van der Waals surface area (Å²) >= 11 is 2.32. The van der Waals surface area contributed by atoms with Crippen molar-refractivity contribution >= 4 is 33.4 Å². The molecular weight excluding hydrogens is 343 g/mol. The van der Waals surface area contributed by atoms with E-state index >= 15 is 0 Å². The van der Waals surface area contributed by atoms with E-state index in [1.165, 1.54) is 14.3 Å². The number of halogens is 1. The van der Waals surface area contributed by atoms with Crippen molar-refractivity contribution in [2.45, 2.75) is 0 Å². The Morgan fingerprint density at radius 2 is 1.26 bits per heavy atom. The molecule has 0 bridgehead atoms. The SMILES string of the molecule is Ic1ccccc1C#Cc1cccc2ccccc12. The fourth-order valence-corrected chi connectivity index (χ4v) is 2.55. The van der Waals surface area contributed by atoms with Crippen LogP contribution in [0.15, 0.2) is 66.7 Å². The average molecular weight is 354 g/mol. The molecule has 0 unspecified atom stereocenters. The van der Waals surface area contributed by atoms with Crippen molar-refractivity contribution in [2.75, 3.05) is 0 Å². The molecule has 0 nitrogen and oxygen atoms in total. The molecule has 90 valence electrons. The van der Waals surface area contributed by atoms with Gasteiger partial charge in [0.2, 0.25) is 0 Å². The predicted octanol–water partition coefficient (Wildman–Crippen LogP) is 4.84. The van der Waals surface area contributed by atoms with Crippen molar-refractivity contribution in [3.63, 3.8) is 0 Å². The van der Waals surface area contributed by atoms with Gasteiger partial charge >= 0.3 is 0 Å². The minimum atomic E-state index is 1.08. The third kappa shape index (κ3) is 2.64. The molecule has 0 amide bonds. The van der Waals surface area contributed by atoms with Crippen LogP contribution in [0.3, 0.4) is 0 Å². The molecule has 0 aromatic heterocycles. The van der Waals surface area contributed by atoms with Crippen LogP contribution in [0.1, 0.15) is 11.1 Å². The van der Waals surface area contributed by atoms with E-state index in [9.17, 15) is 0 Å². The number of fused-ring (bicyclic) bond motifs is 1. The molecule has 0 saturated heterocycles. The molecule has 3 aromatic rings. The summed E-state index contributed by atoms with van der Waals surface area (Å²) in [6.07, 6.45) is 0. The summed E-state index contributed by atoms with van der Waals surface area (Å²) in [5, 5.41) is 2.44. The number of hydrogen-bond acceptors (Lipinski definition) is 0. The molecular formula is C18H11I. The smallest absolute Gasteiger partial charge is 0.0382 e. The van der Waals surface area contributed by atoms with Gasteiger partial charge in [-0.2, -0.15) is 0 Å². The third-order valence-corrected chi connectivity index (χ3v) is 3.94. The van der Waals surface area contributed by atoms with Gasteiger partial charge in [0.25, 0.3) is 0 Å². The average Bonchev–Trinajstić information content (AvgIpc) is 2.46. The first kappa shape index (κ1) is 12.3. The predicted molar refractivity (Wildman–Crippen MR) is 89.1 cm³/mol. The Hall–Kier alpha value is -1.79. The van der Waals surface area contributed by atoms with Crippen LogP contribution in [0, 0.1) is 15.4 Å². The van der Waals surface area contributed by atoms with Crippen LogP contribution < -0.4 is 0 Å². The maximum absolute atomic E-state index is 3.29. The quantitative estimate of drug-likeness (QED) is 0.400. The van der Waals surface area contributed by atoms with Crippen molar-refractivity contribution in [1.82, 2.24) is 0 Å². The molecule has 1 heteroatoms. The van der Waals surface area contributed by atoms with Crippen molar-refractivity contribution in [1.29, 1.82) is 0 Å². The first-order valence-corrected chi connectivity index (χ1v) is 7.17. The van der Waals surface area contributed by atoms with Gasteiger partial charge in [-0.25, -0.2) is 0 Å². The minimum Gasteiger partial charge on any atom is -0.0616 e. The second-order valence-electron chi connectivity index (χ2n) is 4.26. The highest BCUT2D eigenvalue weighted by Crippen LogP contribution is 2.18. The van der Waals surface area contributed by atoms with E-state index < -0.39 is 0 Å². The highest BCUT2D eigenvalue weighted by molar-refractivity contribution is 14.1. The third-order valence-electron chi connectivity index (χ3n) is 3.00. The molecule has 3 rings (SSSR count). The van der Waals surface area contributed by atoms with E-state index in [0.29, 0.717) is 0 Å². The first-order valence-electron chi connectivity index (χ1n) is 6.09. The van der Waals surface area contributed by atoms with Gasteiger partial charge < -0.3 is 0 Å². The summed E-state index contributed by atoms with van der Waals surface area (Å²) in [6.45, 7) is 0. The molecule has 0 N–H and O–H groups in total. The van der Waals surface area contributed by atoms with Crippen LogP contribution in [0.25, 0.3) is 10.8 Å². The monoisotopic (exact) mass is 354 g/mol.